The van der Waals surface area contributed by atoms with Gasteiger partial charge >= 0.3 is 6.03 Å². The van der Waals surface area contributed by atoms with Crippen LogP contribution < -0.4 is 15.1 Å². The summed E-state index contributed by atoms with van der Waals surface area (Å²) >= 11 is 0. The second kappa shape index (κ2) is 7.94. The first-order valence-corrected chi connectivity index (χ1v) is 9.54. The molecule has 8 nitrogen and oxygen atoms in total. The number of hydrogen-bond donors (Lipinski definition) is 1. The van der Waals surface area contributed by atoms with E-state index < -0.39 is 6.04 Å². The van der Waals surface area contributed by atoms with E-state index in [2.05, 4.69) is 10.3 Å². The Morgan fingerprint density at radius 2 is 2.15 bits per heavy atom. The van der Waals surface area contributed by atoms with Crippen LogP contribution in [0.5, 0.6) is 0 Å². The fraction of sp³-hybridized carbons (Fsp3) is 0.579. The molecule has 0 radical (unpaired) electrons. The number of pyridine rings is 1. The van der Waals surface area contributed by atoms with Crippen LogP contribution in [0.3, 0.4) is 0 Å². The van der Waals surface area contributed by atoms with Crippen molar-refractivity contribution < 1.29 is 14.4 Å². The van der Waals surface area contributed by atoms with Gasteiger partial charge in [-0.05, 0) is 45.7 Å². The van der Waals surface area contributed by atoms with Gasteiger partial charge < -0.3 is 10.2 Å². The standard InChI is InChI=1S/C19H27N5O3/c1-13(2)23-17-15(7-4-9-20-17)24(14(3)18(23)26)19(27)21-10-6-12-22-11-5-8-16(22)25/h4,7,9,13-14H,5-6,8,10-12H2,1-3H3,(H,21,27). The quantitative estimate of drug-likeness (QED) is 0.797. The van der Waals surface area contributed by atoms with Crippen LogP contribution in [0, 0.1) is 0 Å². The van der Waals surface area contributed by atoms with Gasteiger partial charge in [0, 0.05) is 38.3 Å². The summed E-state index contributed by atoms with van der Waals surface area (Å²) in [6.45, 7) is 7.48. The Bertz CT molecular complexity index is 736. The first-order chi connectivity index (χ1) is 12.9. The van der Waals surface area contributed by atoms with E-state index in [0.717, 1.165) is 13.0 Å². The van der Waals surface area contributed by atoms with E-state index in [0.29, 0.717) is 37.4 Å². The number of hydrogen-bond acceptors (Lipinski definition) is 4. The number of urea groups is 1. The van der Waals surface area contributed by atoms with Crippen molar-refractivity contribution in [2.75, 3.05) is 29.4 Å². The molecule has 0 saturated carbocycles. The van der Waals surface area contributed by atoms with Crippen molar-refractivity contribution in [2.45, 2.75) is 52.1 Å². The zero-order valence-electron chi connectivity index (χ0n) is 16.1. The van der Waals surface area contributed by atoms with Crippen molar-refractivity contribution >= 4 is 29.4 Å². The fourth-order valence-corrected chi connectivity index (χ4v) is 3.66. The summed E-state index contributed by atoms with van der Waals surface area (Å²) in [6, 6.07) is 2.60. The molecule has 1 N–H and O–H groups in total. The maximum absolute atomic E-state index is 12.8. The molecule has 27 heavy (non-hydrogen) atoms. The molecule has 146 valence electrons. The highest BCUT2D eigenvalue weighted by Gasteiger charge is 2.40. The van der Waals surface area contributed by atoms with Crippen molar-refractivity contribution in [1.82, 2.24) is 15.2 Å². The van der Waals surface area contributed by atoms with Gasteiger partial charge in [0.25, 0.3) is 5.91 Å². The Morgan fingerprint density at radius 1 is 1.37 bits per heavy atom. The van der Waals surface area contributed by atoms with Crippen molar-refractivity contribution in [3.8, 4) is 0 Å². The average Bonchev–Trinajstić information content (AvgIpc) is 3.04. The van der Waals surface area contributed by atoms with Gasteiger partial charge in [0.05, 0.1) is 5.69 Å². The van der Waals surface area contributed by atoms with E-state index in [-0.39, 0.29) is 23.9 Å². The van der Waals surface area contributed by atoms with Gasteiger partial charge in [0.2, 0.25) is 5.91 Å². The molecular weight excluding hydrogens is 346 g/mol. The zero-order chi connectivity index (χ0) is 19.6. The second-order valence-corrected chi connectivity index (χ2v) is 7.26. The van der Waals surface area contributed by atoms with Crippen molar-refractivity contribution in [3.05, 3.63) is 18.3 Å². The summed E-state index contributed by atoms with van der Waals surface area (Å²) in [6.07, 6.45) is 3.84. The lowest BCUT2D eigenvalue weighted by Crippen LogP contribution is -2.58. The van der Waals surface area contributed by atoms with Crippen molar-refractivity contribution in [1.29, 1.82) is 0 Å². The molecule has 3 heterocycles. The number of carbonyl (C=O) groups excluding carboxylic acids is 3. The zero-order valence-corrected chi connectivity index (χ0v) is 16.1. The first-order valence-electron chi connectivity index (χ1n) is 9.54. The summed E-state index contributed by atoms with van der Waals surface area (Å²) < 4.78 is 0. The molecule has 2 aliphatic rings. The number of nitrogens with one attached hydrogen (secondary N) is 1. The van der Waals surface area contributed by atoms with Crippen molar-refractivity contribution in [3.63, 3.8) is 0 Å². The molecule has 3 rings (SSSR count). The van der Waals surface area contributed by atoms with Crippen LogP contribution in [0.1, 0.15) is 40.0 Å². The van der Waals surface area contributed by atoms with Crippen LogP contribution in [0.25, 0.3) is 0 Å². The molecular formula is C19H27N5O3. The van der Waals surface area contributed by atoms with Gasteiger partial charge in [-0.3, -0.25) is 19.4 Å². The lowest BCUT2D eigenvalue weighted by Gasteiger charge is -2.41. The minimum Gasteiger partial charge on any atom is -0.343 e. The van der Waals surface area contributed by atoms with Gasteiger partial charge in [-0.1, -0.05) is 0 Å². The topological polar surface area (TPSA) is 85.9 Å². The van der Waals surface area contributed by atoms with Crippen LogP contribution in [-0.2, 0) is 9.59 Å². The molecule has 1 aromatic rings. The highest BCUT2D eigenvalue weighted by Crippen LogP contribution is 2.35. The molecule has 0 spiro atoms. The van der Waals surface area contributed by atoms with E-state index in [1.54, 1.807) is 24.1 Å². The largest absolute Gasteiger partial charge is 0.343 e. The molecule has 0 aliphatic carbocycles. The minimum atomic E-state index is -0.607. The van der Waals surface area contributed by atoms with Crippen LogP contribution in [0.2, 0.25) is 0 Å². The Hall–Kier alpha value is -2.64. The molecule has 1 aromatic heterocycles. The SMILES string of the molecule is CC(C)N1C(=O)C(C)N(C(=O)NCCCN2CCCC2=O)c2cccnc21. The van der Waals surface area contributed by atoms with Crippen LogP contribution in [0.4, 0.5) is 16.3 Å². The third-order valence-corrected chi connectivity index (χ3v) is 5.02. The van der Waals surface area contributed by atoms with E-state index in [1.807, 2.05) is 24.8 Å². The van der Waals surface area contributed by atoms with Crippen LogP contribution in [-0.4, -0.2) is 59.4 Å². The predicted molar refractivity (Wildman–Crippen MR) is 103 cm³/mol. The third kappa shape index (κ3) is 3.74. The summed E-state index contributed by atoms with van der Waals surface area (Å²) in [7, 11) is 0. The molecule has 1 saturated heterocycles. The number of nitrogens with zero attached hydrogens (tertiary/aromatic N) is 4. The molecule has 1 unspecified atom stereocenters. The lowest BCUT2D eigenvalue weighted by atomic mass is 10.1. The third-order valence-electron chi connectivity index (χ3n) is 5.02. The number of carbonyl (C=O) groups is 3. The normalized spacial score (nSPS) is 19.7. The number of aromatic nitrogens is 1. The number of fused-ring (bicyclic) bond motifs is 1. The van der Waals surface area contributed by atoms with E-state index in [9.17, 15) is 14.4 Å². The Balaban J connectivity index is 1.67. The lowest BCUT2D eigenvalue weighted by molar-refractivity contribution is -0.127. The number of amides is 4. The molecule has 2 aliphatic heterocycles. The molecule has 8 heteroatoms. The Kier molecular flexibility index (Phi) is 5.62. The van der Waals surface area contributed by atoms with E-state index >= 15 is 0 Å². The minimum absolute atomic E-state index is 0.0446. The number of anilines is 2. The molecule has 0 aromatic carbocycles. The Morgan fingerprint density at radius 3 is 2.81 bits per heavy atom. The number of likely N-dealkylation sites (tertiary alicyclic amines) is 1. The van der Waals surface area contributed by atoms with Gasteiger partial charge in [0.15, 0.2) is 5.82 Å². The second-order valence-electron chi connectivity index (χ2n) is 7.26. The van der Waals surface area contributed by atoms with Gasteiger partial charge in [-0.25, -0.2) is 9.78 Å². The fourth-order valence-electron chi connectivity index (χ4n) is 3.66. The summed E-state index contributed by atoms with van der Waals surface area (Å²) in [4.78, 5) is 46.5. The predicted octanol–water partition coefficient (Wildman–Crippen LogP) is 1.75. The van der Waals surface area contributed by atoms with Crippen LogP contribution >= 0.6 is 0 Å². The maximum atomic E-state index is 12.8. The molecule has 4 amide bonds. The first kappa shape index (κ1) is 19.1. The Labute approximate surface area is 159 Å². The molecule has 1 fully saturated rings. The van der Waals surface area contributed by atoms with Gasteiger partial charge in [-0.2, -0.15) is 0 Å². The number of rotatable bonds is 5. The maximum Gasteiger partial charge on any atom is 0.322 e. The van der Waals surface area contributed by atoms with E-state index in [4.69, 9.17) is 0 Å². The van der Waals surface area contributed by atoms with E-state index in [1.165, 1.54) is 4.90 Å². The summed E-state index contributed by atoms with van der Waals surface area (Å²) in [5.41, 5.74) is 0.630. The van der Waals surface area contributed by atoms with Crippen molar-refractivity contribution in [2.24, 2.45) is 0 Å². The van der Waals surface area contributed by atoms with Gasteiger partial charge in [0.1, 0.15) is 6.04 Å². The average molecular weight is 373 g/mol. The smallest absolute Gasteiger partial charge is 0.322 e. The summed E-state index contributed by atoms with van der Waals surface area (Å²) in [5, 5.41) is 2.88. The highest BCUT2D eigenvalue weighted by atomic mass is 16.2. The van der Waals surface area contributed by atoms with Crippen LogP contribution in [0.15, 0.2) is 18.3 Å². The highest BCUT2D eigenvalue weighted by molar-refractivity contribution is 6.11. The summed E-state index contributed by atoms with van der Waals surface area (Å²) in [5.74, 6) is 0.549. The molecule has 1 atom stereocenters. The van der Waals surface area contributed by atoms with Gasteiger partial charge in [-0.15, -0.1) is 0 Å². The monoisotopic (exact) mass is 373 g/mol. The molecule has 0 bridgehead atoms.